The third kappa shape index (κ3) is 2.89. The number of hydrogen-bond acceptors (Lipinski definition) is 2. The Morgan fingerprint density at radius 1 is 1.50 bits per heavy atom. The zero-order valence-corrected chi connectivity index (χ0v) is 9.08. The van der Waals surface area contributed by atoms with Crippen LogP contribution < -0.4 is 0 Å². The number of halogens is 1. The molecule has 1 aliphatic heterocycles. The first-order valence-corrected chi connectivity index (χ1v) is 4.37. The van der Waals surface area contributed by atoms with Crippen molar-refractivity contribution in [2.75, 3.05) is 19.9 Å². The Morgan fingerprint density at radius 3 is 2.60 bits per heavy atom. The highest BCUT2D eigenvalue weighted by Gasteiger charge is 2.05. The minimum atomic E-state index is 0. The van der Waals surface area contributed by atoms with Gasteiger partial charge in [0, 0.05) is 19.4 Å². The molecule has 0 aromatic heterocycles. The molecule has 0 fully saturated rings. The van der Waals surface area contributed by atoms with Gasteiger partial charge in [0.2, 0.25) is 0 Å². The summed E-state index contributed by atoms with van der Waals surface area (Å²) in [5, 5.41) is 0. The summed E-state index contributed by atoms with van der Waals surface area (Å²) in [4.78, 5) is 2.18. The Kier molecular flexibility index (Phi) is 5.10. The first-order valence-electron chi connectivity index (χ1n) is 3.21. The lowest BCUT2D eigenvalue weighted by atomic mass is 10.9. The average molecular weight is 225 g/mol. The van der Waals surface area contributed by atoms with Crippen LogP contribution in [-0.2, 0) is 0 Å². The van der Waals surface area contributed by atoms with Gasteiger partial charge < -0.3 is 9.57 Å². The van der Waals surface area contributed by atoms with Gasteiger partial charge in [0.15, 0.2) is 0 Å². The lowest BCUT2D eigenvalue weighted by molar-refractivity contribution is 0.406. The van der Waals surface area contributed by atoms with Gasteiger partial charge in [-0.1, -0.05) is 6.92 Å². The summed E-state index contributed by atoms with van der Waals surface area (Å²) in [5.41, 5.74) is 0. The van der Waals surface area contributed by atoms with E-state index in [0.29, 0.717) is 0 Å². The molecular weight excluding hydrogens is 211 g/mol. The summed E-state index contributed by atoms with van der Waals surface area (Å²) in [6, 6.07) is 0. The van der Waals surface area contributed by atoms with Crippen molar-refractivity contribution in [2.24, 2.45) is 0 Å². The van der Waals surface area contributed by atoms with Gasteiger partial charge in [0.25, 0.3) is 0 Å². The Balaban J connectivity index is 0.000000810. The number of hydrogen-bond donors (Lipinski definition) is 0. The summed E-state index contributed by atoms with van der Waals surface area (Å²) < 4.78 is 2.33. The molecule has 0 N–H and O–H groups in total. The Hall–Kier alpha value is 0.250. The third-order valence-corrected chi connectivity index (χ3v) is 2.25. The standard InChI is InChI=1S/C6H13N2P.BrH/c1-3-9-8-5-4-7(2)6-8;/h4-5,9H,3,6H2,1-2H3;1H. The minimum absolute atomic E-state index is 0. The van der Waals surface area contributed by atoms with Crippen LogP contribution in [0.4, 0.5) is 0 Å². The Labute approximate surface area is 74.9 Å². The summed E-state index contributed by atoms with van der Waals surface area (Å²) in [6.45, 7) is 3.29. The van der Waals surface area contributed by atoms with Crippen LogP contribution in [0.1, 0.15) is 6.92 Å². The molecule has 1 unspecified atom stereocenters. The molecule has 0 aromatic carbocycles. The molecule has 0 spiro atoms. The molecule has 4 heteroatoms. The summed E-state index contributed by atoms with van der Waals surface area (Å²) in [5.74, 6) is 0. The first kappa shape index (κ1) is 10.2. The zero-order chi connectivity index (χ0) is 6.69. The highest BCUT2D eigenvalue weighted by Crippen LogP contribution is 2.21. The molecule has 1 rings (SSSR count). The maximum atomic E-state index is 2.33. The third-order valence-electron chi connectivity index (χ3n) is 1.24. The molecule has 10 heavy (non-hydrogen) atoms. The Morgan fingerprint density at radius 2 is 2.20 bits per heavy atom. The SMILES string of the molecule is Br.CCPN1C=CN(C)C1. The van der Waals surface area contributed by atoms with Gasteiger partial charge >= 0.3 is 0 Å². The highest BCUT2D eigenvalue weighted by molar-refractivity contribution is 8.93. The van der Waals surface area contributed by atoms with E-state index in [1.54, 1.807) is 0 Å². The summed E-state index contributed by atoms with van der Waals surface area (Å²) >= 11 is 0. The fourth-order valence-electron chi connectivity index (χ4n) is 0.835. The second-order valence-corrected chi connectivity index (χ2v) is 3.78. The van der Waals surface area contributed by atoms with E-state index in [-0.39, 0.29) is 17.0 Å². The van der Waals surface area contributed by atoms with Crippen molar-refractivity contribution < 1.29 is 0 Å². The quantitative estimate of drug-likeness (QED) is 0.661. The van der Waals surface area contributed by atoms with Crippen LogP contribution in [0.5, 0.6) is 0 Å². The van der Waals surface area contributed by atoms with E-state index in [0.717, 1.165) is 15.4 Å². The molecule has 2 nitrogen and oxygen atoms in total. The van der Waals surface area contributed by atoms with E-state index in [1.165, 1.54) is 6.16 Å². The zero-order valence-electron chi connectivity index (χ0n) is 6.37. The second kappa shape index (κ2) is 4.97. The first-order chi connectivity index (χ1) is 4.33. The molecule has 60 valence electrons. The van der Waals surface area contributed by atoms with Crippen LogP contribution in [0.15, 0.2) is 12.4 Å². The second-order valence-electron chi connectivity index (χ2n) is 2.18. The molecule has 1 heterocycles. The van der Waals surface area contributed by atoms with Crippen molar-refractivity contribution in [3.8, 4) is 0 Å². The van der Waals surface area contributed by atoms with E-state index in [2.05, 4.69) is 35.9 Å². The highest BCUT2D eigenvalue weighted by atomic mass is 79.9. The predicted octanol–water partition coefficient (Wildman–Crippen LogP) is 1.85. The largest absolute Gasteiger partial charge is 0.361 e. The van der Waals surface area contributed by atoms with Gasteiger partial charge in [-0.3, -0.25) is 0 Å². The van der Waals surface area contributed by atoms with Gasteiger partial charge in [0.1, 0.15) is 0 Å². The van der Waals surface area contributed by atoms with Crippen molar-refractivity contribution in [1.29, 1.82) is 0 Å². The molecule has 0 bridgehead atoms. The lowest BCUT2D eigenvalue weighted by Crippen LogP contribution is -2.15. The van der Waals surface area contributed by atoms with Gasteiger partial charge in [-0.15, -0.1) is 17.0 Å². The fraction of sp³-hybridized carbons (Fsp3) is 0.667. The molecule has 0 aromatic rings. The number of nitrogens with zero attached hydrogens (tertiary/aromatic N) is 2. The molecule has 1 atom stereocenters. The van der Waals surface area contributed by atoms with Crippen molar-refractivity contribution in [2.45, 2.75) is 6.92 Å². The fourth-order valence-corrected chi connectivity index (χ4v) is 1.74. The molecular formula is C6H14BrN2P. The van der Waals surface area contributed by atoms with Crippen LogP contribution in [0, 0.1) is 0 Å². The Bertz CT molecular complexity index is 118. The van der Waals surface area contributed by atoms with Gasteiger partial charge in [-0.2, -0.15) is 0 Å². The van der Waals surface area contributed by atoms with Gasteiger partial charge in [-0.25, -0.2) is 0 Å². The predicted molar refractivity (Wildman–Crippen MR) is 52.8 cm³/mol. The monoisotopic (exact) mass is 224 g/mol. The maximum absolute atomic E-state index is 2.33. The van der Waals surface area contributed by atoms with Crippen LogP contribution in [-0.4, -0.2) is 29.4 Å². The molecule has 1 aliphatic rings. The van der Waals surface area contributed by atoms with Gasteiger partial charge in [-0.05, 0) is 14.9 Å². The summed E-state index contributed by atoms with van der Waals surface area (Å²) in [7, 11) is 3.05. The topological polar surface area (TPSA) is 6.48 Å². The van der Waals surface area contributed by atoms with E-state index in [1.807, 2.05) is 0 Å². The maximum Gasteiger partial charge on any atom is 0.0923 e. The van der Waals surface area contributed by atoms with Crippen LogP contribution in [0.2, 0.25) is 0 Å². The van der Waals surface area contributed by atoms with Crippen molar-refractivity contribution >= 4 is 25.7 Å². The lowest BCUT2D eigenvalue weighted by Gasteiger charge is -2.16. The summed E-state index contributed by atoms with van der Waals surface area (Å²) in [6.07, 6.45) is 5.53. The van der Waals surface area contributed by atoms with Crippen molar-refractivity contribution in [3.05, 3.63) is 12.4 Å². The van der Waals surface area contributed by atoms with E-state index >= 15 is 0 Å². The van der Waals surface area contributed by atoms with Crippen molar-refractivity contribution in [3.63, 3.8) is 0 Å². The molecule has 0 saturated heterocycles. The van der Waals surface area contributed by atoms with Gasteiger partial charge in [0.05, 0.1) is 6.67 Å². The molecule has 0 amide bonds. The minimum Gasteiger partial charge on any atom is -0.361 e. The van der Waals surface area contributed by atoms with Crippen LogP contribution in [0.3, 0.4) is 0 Å². The smallest absolute Gasteiger partial charge is 0.0923 e. The van der Waals surface area contributed by atoms with E-state index in [4.69, 9.17) is 0 Å². The molecule has 0 saturated carbocycles. The number of rotatable bonds is 2. The average Bonchev–Trinajstić information content (AvgIpc) is 2.17. The van der Waals surface area contributed by atoms with E-state index in [9.17, 15) is 0 Å². The molecule has 0 aliphatic carbocycles. The van der Waals surface area contributed by atoms with E-state index < -0.39 is 0 Å². The normalized spacial score (nSPS) is 17.0. The van der Waals surface area contributed by atoms with Crippen molar-refractivity contribution in [1.82, 2.24) is 9.57 Å². The molecule has 0 radical (unpaired) electrons. The van der Waals surface area contributed by atoms with Crippen LogP contribution >= 0.6 is 25.7 Å². The van der Waals surface area contributed by atoms with Crippen LogP contribution in [0.25, 0.3) is 0 Å².